The van der Waals surface area contributed by atoms with E-state index < -0.39 is 0 Å². The van der Waals surface area contributed by atoms with E-state index in [1.54, 1.807) is 7.11 Å². The largest absolute Gasteiger partial charge is 0.497 e. The van der Waals surface area contributed by atoms with Gasteiger partial charge in [0.25, 0.3) is 0 Å². The van der Waals surface area contributed by atoms with Crippen LogP contribution in [0.15, 0.2) is 24.3 Å². The van der Waals surface area contributed by atoms with E-state index in [-0.39, 0.29) is 0 Å². The molecule has 0 amide bonds. The Labute approximate surface area is 91.2 Å². The summed E-state index contributed by atoms with van der Waals surface area (Å²) in [7, 11) is 1.70. The van der Waals surface area contributed by atoms with Gasteiger partial charge in [-0.2, -0.15) is 0 Å². The molecule has 1 heterocycles. The Morgan fingerprint density at radius 1 is 1.47 bits per heavy atom. The van der Waals surface area contributed by atoms with E-state index in [1.165, 1.54) is 5.56 Å². The number of epoxide rings is 1. The van der Waals surface area contributed by atoms with Crippen LogP contribution < -0.4 is 4.74 Å². The van der Waals surface area contributed by atoms with Crippen molar-refractivity contribution in [2.45, 2.75) is 38.4 Å². The molecule has 0 radical (unpaired) electrons. The van der Waals surface area contributed by atoms with Gasteiger partial charge < -0.3 is 9.47 Å². The van der Waals surface area contributed by atoms with Gasteiger partial charge in [-0.1, -0.05) is 19.1 Å². The lowest BCUT2D eigenvalue weighted by Crippen LogP contribution is -2.00. The van der Waals surface area contributed by atoms with Gasteiger partial charge in [-0.3, -0.25) is 0 Å². The van der Waals surface area contributed by atoms with Crippen molar-refractivity contribution in [2.75, 3.05) is 7.11 Å². The normalized spacial score (nSPS) is 26.1. The van der Waals surface area contributed by atoms with Crippen molar-refractivity contribution in [3.05, 3.63) is 29.8 Å². The lowest BCUT2D eigenvalue weighted by molar-refractivity contribution is 0.362. The van der Waals surface area contributed by atoms with Crippen molar-refractivity contribution in [1.82, 2.24) is 0 Å². The Morgan fingerprint density at radius 3 is 2.80 bits per heavy atom. The van der Waals surface area contributed by atoms with E-state index >= 15 is 0 Å². The quantitative estimate of drug-likeness (QED) is 0.706. The van der Waals surface area contributed by atoms with E-state index in [2.05, 4.69) is 26.0 Å². The molecule has 1 fully saturated rings. The number of ether oxygens (including phenoxy) is 2. The van der Waals surface area contributed by atoms with E-state index in [0.717, 1.165) is 12.2 Å². The van der Waals surface area contributed by atoms with Gasteiger partial charge in [-0.15, -0.1) is 0 Å². The highest BCUT2D eigenvalue weighted by molar-refractivity contribution is 5.30. The molecule has 1 aromatic carbocycles. The fraction of sp³-hybridized carbons (Fsp3) is 0.538. The van der Waals surface area contributed by atoms with Crippen molar-refractivity contribution in [1.29, 1.82) is 0 Å². The van der Waals surface area contributed by atoms with Gasteiger partial charge in [0.05, 0.1) is 19.3 Å². The fourth-order valence-electron chi connectivity index (χ4n) is 1.91. The van der Waals surface area contributed by atoms with E-state index in [1.807, 2.05) is 12.1 Å². The lowest BCUT2D eigenvalue weighted by atomic mass is 9.95. The number of benzene rings is 1. The minimum Gasteiger partial charge on any atom is -0.497 e. The molecule has 0 aliphatic carbocycles. The van der Waals surface area contributed by atoms with Crippen molar-refractivity contribution < 1.29 is 9.47 Å². The Kier molecular flexibility index (Phi) is 2.96. The monoisotopic (exact) mass is 206 g/mol. The predicted molar refractivity (Wildman–Crippen MR) is 60.4 cm³/mol. The highest BCUT2D eigenvalue weighted by Gasteiger charge is 2.35. The molecule has 0 N–H and O–H groups in total. The summed E-state index contributed by atoms with van der Waals surface area (Å²) in [6.07, 6.45) is 2.03. The zero-order valence-corrected chi connectivity index (χ0v) is 9.57. The third kappa shape index (κ3) is 2.51. The van der Waals surface area contributed by atoms with Crippen LogP contribution in [0.2, 0.25) is 0 Å². The first-order valence-corrected chi connectivity index (χ1v) is 5.50. The van der Waals surface area contributed by atoms with Gasteiger partial charge in [-0.05, 0) is 37.0 Å². The third-order valence-corrected chi connectivity index (χ3v) is 3.09. The zero-order chi connectivity index (χ0) is 10.8. The van der Waals surface area contributed by atoms with Gasteiger partial charge >= 0.3 is 0 Å². The molecule has 0 bridgehead atoms. The van der Waals surface area contributed by atoms with Crippen LogP contribution in [-0.4, -0.2) is 19.3 Å². The summed E-state index contributed by atoms with van der Waals surface area (Å²) in [5.74, 6) is 1.47. The zero-order valence-electron chi connectivity index (χ0n) is 9.57. The smallest absolute Gasteiger partial charge is 0.119 e. The second kappa shape index (κ2) is 4.23. The van der Waals surface area contributed by atoms with Crippen LogP contribution in [0.4, 0.5) is 0 Å². The highest BCUT2D eigenvalue weighted by atomic mass is 16.6. The maximum Gasteiger partial charge on any atom is 0.119 e. The maximum absolute atomic E-state index is 5.43. The van der Waals surface area contributed by atoms with Gasteiger partial charge in [-0.25, -0.2) is 0 Å². The molecule has 3 atom stereocenters. The molecule has 0 aromatic heterocycles. The average molecular weight is 206 g/mol. The first kappa shape index (κ1) is 10.5. The Hall–Kier alpha value is -1.02. The third-order valence-electron chi connectivity index (χ3n) is 3.09. The van der Waals surface area contributed by atoms with Crippen LogP contribution in [0.25, 0.3) is 0 Å². The van der Waals surface area contributed by atoms with Crippen LogP contribution in [0.3, 0.4) is 0 Å². The van der Waals surface area contributed by atoms with Crippen LogP contribution in [0, 0.1) is 0 Å². The molecular formula is C13H18O2. The molecule has 15 heavy (non-hydrogen) atoms. The van der Waals surface area contributed by atoms with Crippen LogP contribution >= 0.6 is 0 Å². The molecular weight excluding hydrogens is 188 g/mol. The maximum atomic E-state index is 5.43. The van der Waals surface area contributed by atoms with Crippen LogP contribution in [0.5, 0.6) is 5.75 Å². The summed E-state index contributed by atoms with van der Waals surface area (Å²) in [6, 6.07) is 8.28. The Bertz CT molecular complexity index is 335. The SMILES string of the molecule is COc1cccc(C(C)CC2OC2C)c1. The second-order valence-corrected chi connectivity index (χ2v) is 4.29. The first-order valence-electron chi connectivity index (χ1n) is 5.50. The molecule has 2 rings (SSSR count). The van der Waals surface area contributed by atoms with Crippen LogP contribution in [0.1, 0.15) is 31.7 Å². The minimum atomic E-state index is 0.457. The van der Waals surface area contributed by atoms with Gasteiger partial charge in [0, 0.05) is 0 Å². The molecule has 2 heteroatoms. The predicted octanol–water partition coefficient (Wildman–Crippen LogP) is 2.98. The molecule has 0 spiro atoms. The van der Waals surface area contributed by atoms with Crippen molar-refractivity contribution in [3.63, 3.8) is 0 Å². The molecule has 1 aliphatic heterocycles. The molecule has 82 valence electrons. The molecule has 1 aromatic rings. The molecule has 1 saturated heterocycles. The minimum absolute atomic E-state index is 0.457. The first-order chi connectivity index (χ1) is 7.20. The molecule has 0 saturated carbocycles. The Balaban J connectivity index is 2.00. The van der Waals surface area contributed by atoms with Crippen molar-refractivity contribution in [2.24, 2.45) is 0 Å². The van der Waals surface area contributed by atoms with E-state index in [9.17, 15) is 0 Å². The van der Waals surface area contributed by atoms with Crippen molar-refractivity contribution >= 4 is 0 Å². The number of hydrogen-bond acceptors (Lipinski definition) is 2. The van der Waals surface area contributed by atoms with Gasteiger partial charge in [0.1, 0.15) is 5.75 Å². The summed E-state index contributed by atoms with van der Waals surface area (Å²) >= 11 is 0. The van der Waals surface area contributed by atoms with Crippen LogP contribution in [-0.2, 0) is 4.74 Å². The topological polar surface area (TPSA) is 21.8 Å². The lowest BCUT2D eigenvalue weighted by Gasteiger charge is -2.11. The van der Waals surface area contributed by atoms with Gasteiger partial charge in [0.15, 0.2) is 0 Å². The summed E-state index contributed by atoms with van der Waals surface area (Å²) in [6.45, 7) is 4.37. The van der Waals surface area contributed by atoms with E-state index in [4.69, 9.17) is 9.47 Å². The number of methoxy groups -OCH3 is 1. The molecule has 3 unspecified atom stereocenters. The highest BCUT2D eigenvalue weighted by Crippen LogP contribution is 2.33. The summed E-state index contributed by atoms with van der Waals surface area (Å²) in [5.41, 5.74) is 1.33. The van der Waals surface area contributed by atoms with Crippen molar-refractivity contribution in [3.8, 4) is 5.75 Å². The number of hydrogen-bond donors (Lipinski definition) is 0. The fourth-order valence-corrected chi connectivity index (χ4v) is 1.91. The Morgan fingerprint density at radius 2 is 2.20 bits per heavy atom. The molecule has 1 aliphatic rings. The second-order valence-electron chi connectivity index (χ2n) is 4.29. The summed E-state index contributed by atoms with van der Waals surface area (Å²) < 4.78 is 10.6. The summed E-state index contributed by atoms with van der Waals surface area (Å²) in [4.78, 5) is 0. The standard InChI is InChI=1S/C13H18O2/c1-9(7-13-10(2)15-13)11-5-4-6-12(8-11)14-3/h4-6,8-10,13H,7H2,1-3H3. The van der Waals surface area contributed by atoms with Gasteiger partial charge in [0.2, 0.25) is 0 Å². The average Bonchev–Trinajstić information content (AvgIpc) is 2.94. The summed E-state index contributed by atoms with van der Waals surface area (Å²) in [5, 5.41) is 0. The molecule has 2 nitrogen and oxygen atoms in total. The van der Waals surface area contributed by atoms with E-state index in [0.29, 0.717) is 18.1 Å². The number of rotatable bonds is 4.